The minimum absolute atomic E-state index is 0.192. The fourth-order valence-electron chi connectivity index (χ4n) is 2.51. The van der Waals surface area contributed by atoms with Gasteiger partial charge in [0.2, 0.25) is 5.82 Å². The normalized spacial score (nSPS) is 14.9. The third kappa shape index (κ3) is 4.81. The number of ether oxygens (including phenoxy) is 1. The second kappa shape index (κ2) is 9.63. The van der Waals surface area contributed by atoms with Crippen molar-refractivity contribution in [2.45, 2.75) is 19.8 Å². The summed E-state index contributed by atoms with van der Waals surface area (Å²) in [7, 11) is 0. The number of likely N-dealkylation sites (tertiary alicyclic amines) is 1. The number of hydrazone groups is 1. The third-order valence-corrected chi connectivity index (χ3v) is 4.29. The Kier molecular flexibility index (Phi) is 7.48. The molecule has 2 N–H and O–H groups in total. The monoisotopic (exact) mass is 437 g/mol. The van der Waals surface area contributed by atoms with E-state index in [2.05, 4.69) is 15.3 Å². The molecule has 1 aliphatic rings. The van der Waals surface area contributed by atoms with Gasteiger partial charge >= 0.3 is 5.97 Å². The molecule has 0 unspecified atom stereocenters. The molecule has 12 heteroatoms. The number of rotatable bonds is 5. The van der Waals surface area contributed by atoms with Crippen LogP contribution in [0.25, 0.3) is 5.76 Å². The first-order valence-corrected chi connectivity index (χ1v) is 8.81. The molecule has 0 aliphatic carbocycles. The molecule has 0 atom stereocenters. The highest BCUT2D eigenvalue weighted by Crippen LogP contribution is 2.29. The number of nitrogens with one attached hydrogen (secondary N) is 1. The number of thiocarbonyl (C=S) groups is 1. The number of nitrogens with zero attached hydrogens (tertiary/aromatic N) is 2. The van der Waals surface area contributed by atoms with Crippen LogP contribution in [0.4, 0.5) is 22.0 Å². The van der Waals surface area contributed by atoms with Gasteiger partial charge in [0.15, 0.2) is 28.4 Å². The fraction of sp³-hybridized carbons (Fsp3) is 0.353. The molecule has 1 fully saturated rings. The summed E-state index contributed by atoms with van der Waals surface area (Å²) in [6, 6.07) is 0. The van der Waals surface area contributed by atoms with Gasteiger partial charge in [-0.05, 0) is 32.0 Å². The first-order valence-electron chi connectivity index (χ1n) is 8.40. The van der Waals surface area contributed by atoms with Crippen LogP contribution in [0.1, 0.15) is 25.3 Å². The molecule has 6 nitrogen and oxygen atoms in total. The summed E-state index contributed by atoms with van der Waals surface area (Å²) in [5.74, 6) is -14.4. The van der Waals surface area contributed by atoms with Crippen LogP contribution in [-0.2, 0) is 9.53 Å². The average molecular weight is 437 g/mol. The van der Waals surface area contributed by atoms with E-state index in [-0.39, 0.29) is 11.7 Å². The summed E-state index contributed by atoms with van der Waals surface area (Å²) in [5.41, 5.74) is -0.223. The summed E-state index contributed by atoms with van der Waals surface area (Å²) in [5, 5.41) is 13.9. The van der Waals surface area contributed by atoms with Gasteiger partial charge < -0.3 is 14.7 Å². The van der Waals surface area contributed by atoms with Crippen molar-refractivity contribution in [3.8, 4) is 0 Å². The smallest absolute Gasteiger partial charge is 0.343 e. The van der Waals surface area contributed by atoms with E-state index in [1.165, 1.54) is 6.92 Å². The second-order valence-corrected chi connectivity index (χ2v) is 6.18. The number of benzene rings is 1. The Bertz CT molecular complexity index is 857. The molecule has 1 heterocycles. The molecule has 158 valence electrons. The van der Waals surface area contributed by atoms with Crippen molar-refractivity contribution in [2.24, 2.45) is 5.10 Å². The van der Waals surface area contributed by atoms with Crippen LogP contribution >= 0.6 is 12.2 Å². The number of esters is 1. The van der Waals surface area contributed by atoms with Gasteiger partial charge in [0, 0.05) is 13.1 Å². The van der Waals surface area contributed by atoms with Crippen molar-refractivity contribution in [3.63, 3.8) is 0 Å². The molecule has 0 aromatic heterocycles. The Morgan fingerprint density at radius 1 is 1.14 bits per heavy atom. The zero-order valence-corrected chi connectivity index (χ0v) is 15.9. The van der Waals surface area contributed by atoms with Gasteiger partial charge in [-0.2, -0.15) is 5.10 Å². The minimum Gasteiger partial charge on any atom is -0.506 e. The summed E-state index contributed by atoms with van der Waals surface area (Å²) in [6.07, 6.45) is 2.45. The molecule has 1 aromatic carbocycles. The van der Waals surface area contributed by atoms with E-state index in [0.29, 0.717) is 19.3 Å². The molecule has 0 bridgehead atoms. The van der Waals surface area contributed by atoms with E-state index >= 15 is 0 Å². The lowest BCUT2D eigenvalue weighted by atomic mass is 10.1. The quantitative estimate of drug-likeness (QED) is 0.0849. The molecule has 29 heavy (non-hydrogen) atoms. The van der Waals surface area contributed by atoms with Crippen LogP contribution in [0.3, 0.4) is 0 Å². The zero-order chi connectivity index (χ0) is 21.7. The van der Waals surface area contributed by atoms with E-state index in [0.717, 1.165) is 12.8 Å². The van der Waals surface area contributed by atoms with E-state index in [4.69, 9.17) is 12.2 Å². The largest absolute Gasteiger partial charge is 0.506 e. The molecule has 0 spiro atoms. The highest BCUT2D eigenvalue weighted by atomic mass is 32.1. The third-order valence-electron chi connectivity index (χ3n) is 3.94. The van der Waals surface area contributed by atoms with E-state index in [9.17, 15) is 31.9 Å². The first kappa shape index (κ1) is 22.5. The number of halogens is 5. The first-order chi connectivity index (χ1) is 13.7. The molecule has 2 rings (SSSR count). The summed E-state index contributed by atoms with van der Waals surface area (Å²) in [6.45, 7) is 2.57. The van der Waals surface area contributed by atoms with Gasteiger partial charge in [0.05, 0.1) is 18.4 Å². The lowest BCUT2D eigenvalue weighted by Crippen LogP contribution is -2.35. The Balaban J connectivity index is 2.45. The molecular formula is C17H16F5N3O3S. The standard InChI is InChI=1S/C17H16F5N3O3S/c1-2-28-16(27)8(7-23-24-17(29)25-5-3-4-6-25)15(26)9-10(18)12(20)14(22)13(21)11(9)19/h7,26H,2-6H2,1H3,(H,24,29)/b15-8-,23-7+. The van der Waals surface area contributed by atoms with Crippen LogP contribution in [0.5, 0.6) is 0 Å². The van der Waals surface area contributed by atoms with Crippen molar-refractivity contribution in [1.82, 2.24) is 10.3 Å². The number of hydrogen-bond donors (Lipinski definition) is 2. The number of aliphatic hydroxyl groups is 1. The van der Waals surface area contributed by atoms with Gasteiger partial charge in [-0.15, -0.1) is 0 Å². The highest BCUT2D eigenvalue weighted by molar-refractivity contribution is 7.80. The molecule has 0 saturated carbocycles. The number of aliphatic hydroxyl groups excluding tert-OH is 1. The predicted octanol–water partition coefficient (Wildman–Crippen LogP) is 3.17. The molecule has 1 saturated heterocycles. The highest BCUT2D eigenvalue weighted by Gasteiger charge is 2.30. The summed E-state index contributed by atoms with van der Waals surface area (Å²) < 4.78 is 72.6. The van der Waals surface area contributed by atoms with Gasteiger partial charge in [0.25, 0.3) is 0 Å². The topological polar surface area (TPSA) is 74.2 Å². The van der Waals surface area contributed by atoms with E-state index < -0.39 is 52.0 Å². The van der Waals surface area contributed by atoms with Crippen LogP contribution in [0, 0.1) is 29.1 Å². The maximum Gasteiger partial charge on any atom is 0.343 e. The molecule has 1 aromatic rings. The van der Waals surface area contributed by atoms with Gasteiger partial charge in [-0.25, -0.2) is 26.7 Å². The lowest BCUT2D eigenvalue weighted by molar-refractivity contribution is -0.137. The van der Waals surface area contributed by atoms with Gasteiger partial charge in [-0.1, -0.05) is 0 Å². The van der Waals surface area contributed by atoms with Crippen LogP contribution in [0.15, 0.2) is 10.7 Å². The van der Waals surface area contributed by atoms with Crippen molar-refractivity contribution < 1.29 is 36.6 Å². The Morgan fingerprint density at radius 2 is 1.66 bits per heavy atom. The maximum absolute atomic E-state index is 14.0. The fourth-order valence-corrected chi connectivity index (χ4v) is 2.75. The zero-order valence-electron chi connectivity index (χ0n) is 15.1. The number of carbonyl (C=O) groups is 1. The van der Waals surface area contributed by atoms with Crippen LogP contribution in [0.2, 0.25) is 0 Å². The van der Waals surface area contributed by atoms with Crippen molar-refractivity contribution in [1.29, 1.82) is 0 Å². The van der Waals surface area contributed by atoms with Gasteiger partial charge in [0.1, 0.15) is 11.3 Å². The van der Waals surface area contributed by atoms with Crippen molar-refractivity contribution in [2.75, 3.05) is 19.7 Å². The Labute approximate surface area is 167 Å². The van der Waals surface area contributed by atoms with Gasteiger partial charge in [-0.3, -0.25) is 5.43 Å². The lowest BCUT2D eigenvalue weighted by Gasteiger charge is -2.17. The number of carbonyl (C=O) groups excluding carboxylic acids is 1. The van der Waals surface area contributed by atoms with Crippen LogP contribution < -0.4 is 5.43 Å². The Hall–Kier alpha value is -2.76. The van der Waals surface area contributed by atoms with Crippen molar-refractivity contribution in [3.05, 3.63) is 40.2 Å². The maximum atomic E-state index is 14.0. The summed E-state index contributed by atoms with van der Waals surface area (Å²) in [4.78, 5) is 13.8. The summed E-state index contributed by atoms with van der Waals surface area (Å²) >= 11 is 5.08. The van der Waals surface area contributed by atoms with E-state index in [1.54, 1.807) is 4.90 Å². The molecule has 0 radical (unpaired) electrons. The molecule has 0 amide bonds. The number of hydrogen-bond acceptors (Lipinski definition) is 5. The van der Waals surface area contributed by atoms with Crippen molar-refractivity contribution >= 4 is 35.3 Å². The predicted molar refractivity (Wildman–Crippen MR) is 97.4 cm³/mol. The average Bonchev–Trinajstić information content (AvgIpc) is 3.23. The van der Waals surface area contributed by atoms with Crippen LogP contribution in [-0.4, -0.2) is 47.0 Å². The SMILES string of the molecule is CCOC(=O)C(/C=N/NC(=S)N1CCCC1)=C(\O)c1c(F)c(F)c(F)c(F)c1F. The molecular weight excluding hydrogens is 421 g/mol. The second-order valence-electron chi connectivity index (χ2n) is 5.80. The molecule has 1 aliphatic heterocycles. The minimum atomic E-state index is -2.40. The van der Waals surface area contributed by atoms with E-state index in [1.807, 2.05) is 0 Å². The Morgan fingerprint density at radius 3 is 2.17 bits per heavy atom.